The summed E-state index contributed by atoms with van der Waals surface area (Å²) < 4.78 is 1.62. The van der Waals surface area contributed by atoms with Gasteiger partial charge in [-0.05, 0) is 21.5 Å². The van der Waals surface area contributed by atoms with Crippen LogP contribution >= 0.6 is 12.4 Å². The normalized spacial score (nSPS) is 13.5. The van der Waals surface area contributed by atoms with Gasteiger partial charge in [-0.2, -0.15) is 23.3 Å². The molecule has 5 aromatic carbocycles. The Balaban J connectivity index is 0.000000149. The Bertz CT molecular complexity index is 1700. The number of halogens is 1. The van der Waals surface area contributed by atoms with Crippen molar-refractivity contribution in [3.8, 4) is 0 Å². The summed E-state index contributed by atoms with van der Waals surface area (Å²) in [5.74, 6) is 2.41. The summed E-state index contributed by atoms with van der Waals surface area (Å²) in [6.45, 7) is 4.28. The summed E-state index contributed by atoms with van der Waals surface area (Å²) in [6.07, 6.45) is 13.1. The zero-order valence-corrected chi connectivity index (χ0v) is 29.8. The van der Waals surface area contributed by atoms with Gasteiger partial charge in [0.05, 0.1) is 0 Å². The van der Waals surface area contributed by atoms with Crippen LogP contribution in [0.1, 0.15) is 37.8 Å². The molecule has 0 saturated carbocycles. The van der Waals surface area contributed by atoms with Crippen LogP contribution in [0.4, 0.5) is 0 Å². The van der Waals surface area contributed by atoms with Gasteiger partial charge in [-0.3, -0.25) is 12.2 Å². The molecule has 0 amide bonds. The fourth-order valence-corrected chi connectivity index (χ4v) is 8.92. The van der Waals surface area contributed by atoms with E-state index in [1.807, 2.05) is 0 Å². The third-order valence-corrected chi connectivity index (χ3v) is 13.7. The van der Waals surface area contributed by atoms with Crippen LogP contribution < -0.4 is 4.40 Å². The first kappa shape index (κ1) is 32.2. The molecule has 0 aromatic heterocycles. The summed E-state index contributed by atoms with van der Waals surface area (Å²) in [7, 11) is -0.676. The van der Waals surface area contributed by atoms with E-state index in [2.05, 4.69) is 159 Å². The fraction of sp³-hybridized carbons (Fsp3) is 0.128. The molecule has 0 N–H and O–H groups in total. The summed E-state index contributed by atoms with van der Waals surface area (Å²) in [5, 5.41) is 5.28. The van der Waals surface area contributed by atoms with E-state index in [1.54, 1.807) is 26.0 Å². The quantitative estimate of drug-likeness (QED) is 0.130. The molecule has 42 heavy (non-hydrogen) atoms. The van der Waals surface area contributed by atoms with Crippen molar-refractivity contribution in [2.45, 2.75) is 32.4 Å². The Morgan fingerprint density at radius 1 is 0.548 bits per heavy atom. The van der Waals surface area contributed by atoms with Gasteiger partial charge in [0.2, 0.25) is 0 Å². The topological polar surface area (TPSA) is 0 Å². The molecule has 3 heteroatoms. The third kappa shape index (κ3) is 7.81. The molecule has 0 nitrogen and oxygen atoms in total. The number of hydrogen-bond donors (Lipinski definition) is 0. The van der Waals surface area contributed by atoms with E-state index < -0.39 is 9.98 Å². The molecule has 0 aliphatic heterocycles. The number of rotatable bonds is 3. The predicted octanol–water partition coefficient (Wildman–Crippen LogP) is 10.2. The molecule has 0 bridgehead atoms. The Morgan fingerprint density at radius 2 is 0.952 bits per heavy atom. The van der Waals surface area contributed by atoms with Gasteiger partial charge in [-0.25, -0.2) is 11.1 Å². The second-order valence-corrected chi connectivity index (χ2v) is 23.7. The van der Waals surface area contributed by atoms with Gasteiger partial charge >= 0.3 is 72.1 Å². The molecule has 0 unspecified atom stereocenters. The number of allylic oxidation sites excluding steroid dienone is 8. The molecule has 7 rings (SSSR count). The second kappa shape index (κ2) is 15.7. The molecule has 2 aliphatic carbocycles. The maximum absolute atomic E-state index is 3.36. The molecular weight excluding hydrogens is 668 g/mol. The maximum atomic E-state index is 3.36. The van der Waals surface area contributed by atoms with Crippen LogP contribution in [-0.4, -0.2) is 9.98 Å². The molecule has 0 atom stereocenters. The van der Waals surface area contributed by atoms with Crippen LogP contribution in [0.3, 0.4) is 0 Å². The van der Waals surface area contributed by atoms with Crippen molar-refractivity contribution in [2.75, 3.05) is 0 Å². The van der Waals surface area contributed by atoms with Crippen molar-refractivity contribution in [3.05, 3.63) is 162 Å². The second-order valence-electron chi connectivity index (χ2n) is 10.3. The van der Waals surface area contributed by atoms with Crippen LogP contribution in [0.2, 0.25) is 5.76 Å². The van der Waals surface area contributed by atoms with Crippen molar-refractivity contribution in [2.24, 2.45) is 0 Å². The molecule has 0 heterocycles. The van der Waals surface area contributed by atoms with Gasteiger partial charge in [-0.15, -0.1) is 25.2 Å². The number of benzene rings is 5. The van der Waals surface area contributed by atoms with Crippen molar-refractivity contribution in [3.63, 3.8) is 0 Å². The Hall–Kier alpha value is -2.70. The number of fused-ring (bicyclic) bond motifs is 2. The Labute approximate surface area is 273 Å². The van der Waals surface area contributed by atoms with E-state index in [9.17, 15) is 0 Å². The zero-order valence-electron chi connectivity index (χ0n) is 24.4. The summed E-state index contributed by atoms with van der Waals surface area (Å²) in [5.41, 5.74) is 7.91. The SMILES string of the molecule is CC1=[C-]CC=C1c1cccc2ccccc12.CC1=[C-]CC=C1c1cccc2ccccc12.Cl.[CH3][Ge](=[Zr+2])[c]1ccccc1. The van der Waals surface area contributed by atoms with Crippen molar-refractivity contribution in [1.29, 1.82) is 0 Å². The number of hydrogen-bond acceptors (Lipinski definition) is 0. The van der Waals surface area contributed by atoms with Gasteiger partial charge in [-0.1, -0.05) is 110 Å². The first-order chi connectivity index (χ1) is 20.0. The summed E-state index contributed by atoms with van der Waals surface area (Å²) in [6, 6.07) is 40.9. The summed E-state index contributed by atoms with van der Waals surface area (Å²) >= 11 is 1.76. The van der Waals surface area contributed by atoms with E-state index >= 15 is 0 Å². The molecule has 0 fully saturated rings. The fourth-order valence-electron chi connectivity index (χ4n) is 5.34. The van der Waals surface area contributed by atoms with Gasteiger partial charge < -0.3 is 0 Å². The third-order valence-electron chi connectivity index (χ3n) is 7.52. The zero-order chi connectivity index (χ0) is 28.6. The standard InChI is InChI=1S/2C16H13.C7H8Ge.ClH.Zr/c2*1-12-6-4-10-14(12)16-11-5-8-13-7-2-3-9-15(13)16;1-8-7-5-3-2-4-6-7;;/h2*2-3,5,7-11H,4H2,1H3;2-6H,1H3;1H;/q2*-1;;;+2. The molecule has 0 radical (unpaired) electrons. The Kier molecular flexibility index (Phi) is 12.0. The van der Waals surface area contributed by atoms with E-state index in [4.69, 9.17) is 0 Å². The van der Waals surface area contributed by atoms with Crippen LogP contribution in [0.5, 0.6) is 0 Å². The van der Waals surface area contributed by atoms with Crippen LogP contribution in [0.15, 0.2) is 139 Å². The van der Waals surface area contributed by atoms with Crippen molar-refractivity contribution < 1.29 is 21.6 Å². The molecule has 0 spiro atoms. The molecule has 0 saturated heterocycles. The first-order valence-electron chi connectivity index (χ1n) is 14.2. The predicted molar refractivity (Wildman–Crippen MR) is 183 cm³/mol. The average Bonchev–Trinajstić information content (AvgIpc) is 3.65. The minimum absolute atomic E-state index is 0. The van der Waals surface area contributed by atoms with Crippen LogP contribution in [0, 0.1) is 12.2 Å². The van der Waals surface area contributed by atoms with Crippen molar-refractivity contribution >= 4 is 59.5 Å². The monoisotopic (exact) mass is 702 g/mol. The van der Waals surface area contributed by atoms with Crippen LogP contribution in [-0.2, 0) is 21.6 Å². The van der Waals surface area contributed by atoms with E-state index in [0.717, 1.165) is 12.8 Å². The average molecular weight is 703 g/mol. The van der Waals surface area contributed by atoms with Gasteiger partial charge in [0.25, 0.3) is 0 Å². The van der Waals surface area contributed by atoms with E-state index in [0.29, 0.717) is 0 Å². The van der Waals surface area contributed by atoms with Crippen molar-refractivity contribution in [1.82, 2.24) is 0 Å². The minimum atomic E-state index is -0.676. The summed E-state index contributed by atoms with van der Waals surface area (Å²) in [4.78, 5) is 0. The van der Waals surface area contributed by atoms with Gasteiger partial charge in [0.1, 0.15) is 0 Å². The molecular formula is C39H35ClGeZr. The molecule has 2 aliphatic rings. The molecule has 5 aromatic rings. The molecule has 206 valence electrons. The van der Waals surface area contributed by atoms with Gasteiger partial charge in [0.15, 0.2) is 0 Å². The van der Waals surface area contributed by atoms with E-state index in [-0.39, 0.29) is 12.4 Å². The first-order valence-corrected chi connectivity index (χ1v) is 24.7. The van der Waals surface area contributed by atoms with E-state index in [1.165, 1.54) is 55.0 Å². The van der Waals surface area contributed by atoms with Gasteiger partial charge in [0, 0.05) is 0 Å². The Morgan fingerprint density at radius 3 is 1.33 bits per heavy atom. The van der Waals surface area contributed by atoms with Crippen LogP contribution in [0.25, 0.3) is 32.7 Å².